The minimum atomic E-state index is 0.108. The summed E-state index contributed by atoms with van der Waals surface area (Å²) in [5.41, 5.74) is 3.14. The maximum Gasteiger partial charge on any atom is 0.148 e. The van der Waals surface area contributed by atoms with Gasteiger partial charge in [0.25, 0.3) is 0 Å². The Morgan fingerprint density at radius 1 is 1.40 bits per heavy atom. The molecule has 3 heteroatoms. The van der Waals surface area contributed by atoms with Crippen molar-refractivity contribution in [3.05, 3.63) is 23.3 Å². The number of ether oxygens (including phenoxy) is 1. The van der Waals surface area contributed by atoms with E-state index in [0.29, 0.717) is 6.54 Å². The SMILES string of the molecule is COc1cc(C)cc(C)c1NCC(C)=O. The van der Waals surface area contributed by atoms with Gasteiger partial charge >= 0.3 is 0 Å². The van der Waals surface area contributed by atoms with Gasteiger partial charge < -0.3 is 10.1 Å². The lowest BCUT2D eigenvalue weighted by Gasteiger charge is -2.13. The third-order valence-electron chi connectivity index (χ3n) is 2.18. The second-order valence-electron chi connectivity index (χ2n) is 3.71. The highest BCUT2D eigenvalue weighted by atomic mass is 16.5. The lowest BCUT2D eigenvalue weighted by Crippen LogP contribution is -2.11. The van der Waals surface area contributed by atoms with Gasteiger partial charge in [-0.2, -0.15) is 0 Å². The second-order valence-corrected chi connectivity index (χ2v) is 3.71. The van der Waals surface area contributed by atoms with E-state index in [4.69, 9.17) is 4.74 Å². The third kappa shape index (κ3) is 2.98. The van der Waals surface area contributed by atoms with E-state index in [1.165, 1.54) is 0 Å². The zero-order chi connectivity index (χ0) is 11.4. The number of methoxy groups -OCH3 is 1. The summed E-state index contributed by atoms with van der Waals surface area (Å²) in [6.07, 6.45) is 0. The predicted molar refractivity (Wildman–Crippen MR) is 61.6 cm³/mol. The molecule has 0 spiro atoms. The highest BCUT2D eigenvalue weighted by molar-refractivity contribution is 5.81. The van der Waals surface area contributed by atoms with Gasteiger partial charge in [0.15, 0.2) is 0 Å². The first-order chi connectivity index (χ1) is 7.04. The molecule has 0 amide bonds. The summed E-state index contributed by atoms with van der Waals surface area (Å²) in [5, 5.41) is 3.08. The molecule has 1 N–H and O–H groups in total. The van der Waals surface area contributed by atoms with Gasteiger partial charge in [-0.1, -0.05) is 6.07 Å². The van der Waals surface area contributed by atoms with Crippen molar-refractivity contribution in [2.75, 3.05) is 19.0 Å². The van der Waals surface area contributed by atoms with Gasteiger partial charge in [0.1, 0.15) is 11.5 Å². The molecular weight excluding hydrogens is 190 g/mol. The smallest absolute Gasteiger partial charge is 0.148 e. The van der Waals surface area contributed by atoms with Crippen LogP contribution in [-0.2, 0) is 4.79 Å². The van der Waals surface area contributed by atoms with Gasteiger partial charge in [-0.3, -0.25) is 4.79 Å². The van der Waals surface area contributed by atoms with Crippen LogP contribution in [0.1, 0.15) is 18.1 Å². The van der Waals surface area contributed by atoms with Crippen LogP contribution in [0.5, 0.6) is 5.75 Å². The molecule has 1 aromatic rings. The number of carbonyl (C=O) groups is 1. The van der Waals surface area contributed by atoms with E-state index in [2.05, 4.69) is 11.4 Å². The second kappa shape index (κ2) is 4.82. The van der Waals surface area contributed by atoms with Gasteiger partial charge in [0.2, 0.25) is 0 Å². The maximum absolute atomic E-state index is 10.9. The Bertz CT molecular complexity index is 372. The Hall–Kier alpha value is -1.51. The van der Waals surface area contributed by atoms with Crippen molar-refractivity contribution in [1.82, 2.24) is 0 Å². The molecule has 0 atom stereocenters. The van der Waals surface area contributed by atoms with Crippen molar-refractivity contribution in [3.8, 4) is 5.75 Å². The number of hydrogen-bond acceptors (Lipinski definition) is 3. The average molecular weight is 207 g/mol. The molecular formula is C12H17NO2. The molecule has 0 radical (unpaired) electrons. The summed E-state index contributed by atoms with van der Waals surface area (Å²) in [5.74, 6) is 0.894. The van der Waals surface area contributed by atoms with Crippen LogP contribution in [0, 0.1) is 13.8 Å². The van der Waals surface area contributed by atoms with E-state index >= 15 is 0 Å². The number of benzene rings is 1. The van der Waals surface area contributed by atoms with Gasteiger partial charge in [0, 0.05) is 0 Å². The Kier molecular flexibility index (Phi) is 3.72. The summed E-state index contributed by atoms with van der Waals surface area (Å²) < 4.78 is 5.27. The van der Waals surface area contributed by atoms with Crippen molar-refractivity contribution in [1.29, 1.82) is 0 Å². The van der Waals surface area contributed by atoms with Crippen LogP contribution in [0.25, 0.3) is 0 Å². The number of rotatable bonds is 4. The molecule has 0 bridgehead atoms. The van der Waals surface area contributed by atoms with Crippen molar-refractivity contribution in [2.45, 2.75) is 20.8 Å². The normalized spacial score (nSPS) is 9.87. The molecule has 0 saturated heterocycles. The molecule has 0 unspecified atom stereocenters. The van der Waals surface area contributed by atoms with Gasteiger partial charge in [0.05, 0.1) is 19.3 Å². The summed E-state index contributed by atoms with van der Waals surface area (Å²) in [6, 6.07) is 4.01. The first-order valence-corrected chi connectivity index (χ1v) is 4.93. The first-order valence-electron chi connectivity index (χ1n) is 4.93. The average Bonchev–Trinajstić information content (AvgIpc) is 2.14. The van der Waals surface area contributed by atoms with Crippen molar-refractivity contribution < 1.29 is 9.53 Å². The number of Topliss-reactive ketones (excluding diaryl/α,β-unsaturated/α-hetero) is 1. The Morgan fingerprint density at radius 3 is 2.60 bits per heavy atom. The van der Waals surface area contributed by atoms with Crippen LogP contribution in [0.4, 0.5) is 5.69 Å². The first kappa shape index (κ1) is 11.6. The van der Waals surface area contributed by atoms with Gasteiger partial charge in [-0.15, -0.1) is 0 Å². The summed E-state index contributed by atoms with van der Waals surface area (Å²) in [7, 11) is 1.63. The van der Waals surface area contributed by atoms with Crippen molar-refractivity contribution in [3.63, 3.8) is 0 Å². The van der Waals surface area contributed by atoms with Crippen LogP contribution < -0.4 is 10.1 Å². The molecule has 0 heterocycles. The molecule has 15 heavy (non-hydrogen) atoms. The zero-order valence-corrected chi connectivity index (χ0v) is 9.68. The molecule has 0 aliphatic carbocycles. The molecule has 0 aliphatic heterocycles. The lowest BCUT2D eigenvalue weighted by atomic mass is 10.1. The fourth-order valence-electron chi connectivity index (χ4n) is 1.53. The summed E-state index contributed by atoms with van der Waals surface area (Å²) in [6.45, 7) is 5.91. The van der Waals surface area contributed by atoms with Gasteiger partial charge in [-0.05, 0) is 38.0 Å². The van der Waals surface area contributed by atoms with Crippen LogP contribution in [0.3, 0.4) is 0 Å². The van der Waals surface area contributed by atoms with Crippen LogP contribution in [0.2, 0.25) is 0 Å². The van der Waals surface area contributed by atoms with E-state index in [9.17, 15) is 4.79 Å². The molecule has 0 aromatic heterocycles. The Morgan fingerprint density at radius 2 is 2.07 bits per heavy atom. The van der Waals surface area contributed by atoms with Crippen LogP contribution in [0.15, 0.2) is 12.1 Å². The highest BCUT2D eigenvalue weighted by Crippen LogP contribution is 2.29. The molecule has 1 aromatic carbocycles. The summed E-state index contributed by atoms with van der Waals surface area (Å²) >= 11 is 0. The number of hydrogen-bond donors (Lipinski definition) is 1. The highest BCUT2D eigenvalue weighted by Gasteiger charge is 2.07. The van der Waals surface area contributed by atoms with Crippen molar-refractivity contribution in [2.24, 2.45) is 0 Å². The van der Waals surface area contributed by atoms with E-state index in [1.807, 2.05) is 19.9 Å². The minimum absolute atomic E-state index is 0.108. The number of anilines is 1. The molecule has 0 fully saturated rings. The van der Waals surface area contributed by atoms with E-state index in [-0.39, 0.29) is 5.78 Å². The van der Waals surface area contributed by atoms with Gasteiger partial charge in [-0.25, -0.2) is 0 Å². The molecule has 1 rings (SSSR count). The van der Waals surface area contributed by atoms with Crippen LogP contribution in [-0.4, -0.2) is 19.4 Å². The van der Waals surface area contributed by atoms with Crippen LogP contribution >= 0.6 is 0 Å². The largest absolute Gasteiger partial charge is 0.495 e. The fourth-order valence-corrected chi connectivity index (χ4v) is 1.53. The zero-order valence-electron chi connectivity index (χ0n) is 9.68. The summed E-state index contributed by atoms with van der Waals surface area (Å²) in [4.78, 5) is 10.9. The monoisotopic (exact) mass is 207 g/mol. The van der Waals surface area contributed by atoms with E-state index in [0.717, 1.165) is 22.6 Å². The Balaban J connectivity index is 2.98. The predicted octanol–water partition coefficient (Wildman–Crippen LogP) is 2.31. The third-order valence-corrected chi connectivity index (χ3v) is 2.18. The van der Waals surface area contributed by atoms with E-state index in [1.54, 1.807) is 14.0 Å². The maximum atomic E-state index is 10.9. The quantitative estimate of drug-likeness (QED) is 0.823. The van der Waals surface area contributed by atoms with Crippen molar-refractivity contribution >= 4 is 11.5 Å². The fraction of sp³-hybridized carbons (Fsp3) is 0.417. The molecule has 0 saturated carbocycles. The van der Waals surface area contributed by atoms with E-state index < -0.39 is 0 Å². The lowest BCUT2D eigenvalue weighted by molar-refractivity contribution is -0.115. The topological polar surface area (TPSA) is 38.3 Å². The Labute approximate surface area is 90.4 Å². The standard InChI is InChI=1S/C12H17NO2/c1-8-5-9(2)12(11(6-8)15-4)13-7-10(3)14/h5-6,13H,7H2,1-4H3. The number of nitrogens with one attached hydrogen (secondary N) is 1. The molecule has 3 nitrogen and oxygen atoms in total. The molecule has 0 aliphatic rings. The molecule has 82 valence electrons. The minimum Gasteiger partial charge on any atom is -0.495 e. The number of carbonyl (C=O) groups excluding carboxylic acids is 1. The number of aryl methyl sites for hydroxylation is 2. The number of ketones is 1.